The number of hydrogen-bond acceptors (Lipinski definition) is 5. The first-order chi connectivity index (χ1) is 10.1. The molecule has 0 bridgehead atoms. The molecule has 2 rings (SSSR count). The topological polar surface area (TPSA) is 79.4 Å². The summed E-state index contributed by atoms with van der Waals surface area (Å²) < 4.78 is 13.5. The Hall–Kier alpha value is -1.84. The maximum Gasteiger partial charge on any atom is 0.290 e. The Bertz CT molecular complexity index is 680. The Labute approximate surface area is 130 Å². The number of aromatic nitrogens is 2. The van der Waals surface area contributed by atoms with Crippen molar-refractivity contribution in [3.05, 3.63) is 22.1 Å². The van der Waals surface area contributed by atoms with E-state index in [1.54, 1.807) is 17.8 Å². The predicted molar refractivity (Wildman–Crippen MR) is 84.4 cm³/mol. The van der Waals surface area contributed by atoms with Crippen molar-refractivity contribution in [3.8, 4) is 11.8 Å². The van der Waals surface area contributed by atoms with Crippen LogP contribution in [0.2, 0.25) is 0 Å². The maximum atomic E-state index is 11.7. The van der Waals surface area contributed by atoms with Crippen LogP contribution in [-0.4, -0.2) is 33.5 Å². The van der Waals surface area contributed by atoms with E-state index in [1.165, 1.54) is 0 Å². The number of rotatable bonds is 1. The molecule has 6 heteroatoms. The largest absolute Gasteiger partial charge is 0.370 e. The minimum atomic E-state index is -0.412. The molecule has 22 heavy (non-hydrogen) atoms. The molecule has 2 N–H and O–H groups in total. The molecule has 0 aromatic carbocycles. The van der Waals surface area contributed by atoms with Gasteiger partial charge in [-0.25, -0.2) is 0 Å². The van der Waals surface area contributed by atoms with Crippen molar-refractivity contribution in [2.75, 3.05) is 12.3 Å². The third kappa shape index (κ3) is 3.32. The molecule has 1 aromatic rings. The lowest BCUT2D eigenvalue weighted by Crippen LogP contribution is -2.56. The molecule has 0 amide bonds. The van der Waals surface area contributed by atoms with Gasteiger partial charge in [0.15, 0.2) is 0 Å². The number of nitrogens with zero attached hydrogens (tertiary/aromatic N) is 2. The van der Waals surface area contributed by atoms with E-state index >= 15 is 0 Å². The normalized spacial score (nSPS) is 22.7. The Kier molecular flexibility index (Phi) is 4.32. The minimum absolute atomic E-state index is 0.110. The lowest BCUT2D eigenvalue weighted by molar-refractivity contribution is -0.260. The summed E-state index contributed by atoms with van der Waals surface area (Å²) in [6.45, 7) is 8.53. The van der Waals surface area contributed by atoms with Gasteiger partial charge in [-0.2, -0.15) is 4.98 Å². The first-order valence-electron chi connectivity index (χ1n) is 7.26. The highest BCUT2D eigenvalue weighted by Crippen LogP contribution is 2.34. The molecule has 1 aliphatic heterocycles. The van der Waals surface area contributed by atoms with Crippen LogP contribution in [0, 0.1) is 11.8 Å². The van der Waals surface area contributed by atoms with E-state index in [-0.39, 0.29) is 17.7 Å². The van der Waals surface area contributed by atoms with Crippen LogP contribution < -0.4 is 11.3 Å². The van der Waals surface area contributed by atoms with Gasteiger partial charge < -0.3 is 19.8 Å². The summed E-state index contributed by atoms with van der Waals surface area (Å²) in [5.74, 6) is 5.98. The van der Waals surface area contributed by atoms with E-state index < -0.39 is 11.2 Å². The van der Waals surface area contributed by atoms with Crippen LogP contribution in [0.25, 0.3) is 0 Å². The maximum absolute atomic E-state index is 11.7. The zero-order valence-corrected chi connectivity index (χ0v) is 13.8. The molecule has 2 heterocycles. The van der Waals surface area contributed by atoms with Crippen LogP contribution in [0.5, 0.6) is 0 Å². The molecule has 1 saturated heterocycles. The summed E-state index contributed by atoms with van der Waals surface area (Å²) in [6.07, 6.45) is 1.97. The van der Waals surface area contributed by atoms with Gasteiger partial charge in [0.05, 0.1) is 23.9 Å². The summed E-state index contributed by atoms with van der Waals surface area (Å²) >= 11 is 0. The summed E-state index contributed by atoms with van der Waals surface area (Å²) in [5.41, 5.74) is 4.74. The summed E-state index contributed by atoms with van der Waals surface area (Å²) in [6, 6.07) is 0. The van der Waals surface area contributed by atoms with Gasteiger partial charge in [0, 0.05) is 19.7 Å². The number of nitrogens with two attached hydrogens (primary N) is 1. The first-order valence-corrected chi connectivity index (χ1v) is 7.26. The number of ether oxygens (including phenoxy) is 2. The highest BCUT2D eigenvalue weighted by Gasteiger charge is 2.44. The van der Waals surface area contributed by atoms with Crippen LogP contribution in [0.4, 0.5) is 5.95 Å². The van der Waals surface area contributed by atoms with Crippen molar-refractivity contribution in [3.63, 3.8) is 0 Å². The number of nitrogen functional groups attached to an aromatic ring is 1. The average molecular weight is 305 g/mol. The van der Waals surface area contributed by atoms with Crippen LogP contribution in [-0.2, 0) is 16.5 Å². The Balaban J connectivity index is 2.07. The molecule has 120 valence electrons. The molecule has 1 aliphatic rings. The fourth-order valence-corrected chi connectivity index (χ4v) is 2.07. The van der Waals surface area contributed by atoms with Gasteiger partial charge in [-0.05, 0) is 27.7 Å². The van der Waals surface area contributed by atoms with Gasteiger partial charge in [0.25, 0.3) is 5.56 Å². The second-order valence-corrected chi connectivity index (χ2v) is 6.51. The molecule has 0 saturated carbocycles. The number of anilines is 1. The molecule has 1 atom stereocenters. The van der Waals surface area contributed by atoms with Gasteiger partial charge in [0.1, 0.15) is 5.56 Å². The van der Waals surface area contributed by atoms with E-state index in [4.69, 9.17) is 15.2 Å². The van der Waals surface area contributed by atoms with E-state index in [9.17, 15) is 4.79 Å². The monoisotopic (exact) mass is 305 g/mol. The molecule has 6 nitrogen and oxygen atoms in total. The number of aryl methyl sites for hydroxylation is 1. The molecule has 1 unspecified atom stereocenters. The van der Waals surface area contributed by atoms with Crippen molar-refractivity contribution in [2.45, 2.75) is 51.4 Å². The molecule has 0 aliphatic carbocycles. The van der Waals surface area contributed by atoms with Crippen molar-refractivity contribution in [1.29, 1.82) is 0 Å². The molecular weight excluding hydrogens is 282 g/mol. The van der Waals surface area contributed by atoms with Crippen LogP contribution >= 0.6 is 0 Å². The van der Waals surface area contributed by atoms with Gasteiger partial charge in [0.2, 0.25) is 5.95 Å². The van der Waals surface area contributed by atoms with Crippen LogP contribution in [0.3, 0.4) is 0 Å². The quantitative estimate of drug-likeness (QED) is 0.785. The Morgan fingerprint density at radius 3 is 2.73 bits per heavy atom. The Morgan fingerprint density at radius 2 is 2.09 bits per heavy atom. The fourth-order valence-electron chi connectivity index (χ4n) is 2.07. The Morgan fingerprint density at radius 1 is 1.41 bits per heavy atom. The SMILES string of the molecule is Cn1cc(C#CCC2COC(C)(C)C(C)(C)O2)c(=O)nc1N. The van der Waals surface area contributed by atoms with E-state index in [1.807, 2.05) is 27.7 Å². The zero-order valence-electron chi connectivity index (χ0n) is 13.8. The van der Waals surface area contributed by atoms with Crippen LogP contribution in [0.15, 0.2) is 11.0 Å². The zero-order chi connectivity index (χ0) is 16.5. The van der Waals surface area contributed by atoms with Crippen molar-refractivity contribution in [2.24, 2.45) is 7.05 Å². The highest BCUT2D eigenvalue weighted by atomic mass is 16.6. The predicted octanol–water partition coefficient (Wildman–Crippen LogP) is 1.08. The molecule has 0 radical (unpaired) electrons. The highest BCUT2D eigenvalue weighted by molar-refractivity contribution is 5.33. The molecule has 1 fully saturated rings. The molecular formula is C16H23N3O3. The molecule has 1 aromatic heterocycles. The van der Waals surface area contributed by atoms with Crippen molar-refractivity contribution in [1.82, 2.24) is 9.55 Å². The van der Waals surface area contributed by atoms with Gasteiger partial charge >= 0.3 is 0 Å². The number of hydrogen-bond donors (Lipinski definition) is 1. The van der Waals surface area contributed by atoms with E-state index in [0.29, 0.717) is 18.6 Å². The van der Waals surface area contributed by atoms with E-state index in [2.05, 4.69) is 16.8 Å². The first kappa shape index (κ1) is 16.5. The summed E-state index contributed by atoms with van der Waals surface area (Å²) in [5, 5.41) is 0. The molecule has 0 spiro atoms. The van der Waals surface area contributed by atoms with Crippen molar-refractivity contribution < 1.29 is 9.47 Å². The third-order valence-electron chi connectivity index (χ3n) is 4.22. The van der Waals surface area contributed by atoms with Gasteiger partial charge in [-0.15, -0.1) is 0 Å². The lowest BCUT2D eigenvalue weighted by atomic mass is 9.87. The summed E-state index contributed by atoms with van der Waals surface area (Å²) in [7, 11) is 1.72. The van der Waals surface area contributed by atoms with Crippen LogP contribution in [0.1, 0.15) is 39.7 Å². The van der Waals surface area contributed by atoms with Gasteiger partial charge in [-0.3, -0.25) is 4.79 Å². The third-order valence-corrected chi connectivity index (χ3v) is 4.22. The minimum Gasteiger partial charge on any atom is -0.370 e. The fraction of sp³-hybridized carbons (Fsp3) is 0.625. The second kappa shape index (κ2) is 5.75. The van der Waals surface area contributed by atoms with Crippen molar-refractivity contribution >= 4 is 5.95 Å². The van der Waals surface area contributed by atoms with Gasteiger partial charge in [-0.1, -0.05) is 11.8 Å². The lowest BCUT2D eigenvalue weighted by Gasteiger charge is -2.47. The second-order valence-electron chi connectivity index (χ2n) is 6.51. The summed E-state index contributed by atoms with van der Waals surface area (Å²) in [4.78, 5) is 15.4. The smallest absolute Gasteiger partial charge is 0.290 e. The standard InChI is InChI=1S/C16H23N3O3/c1-15(2)16(3,4)22-12(10-21-15)8-6-7-11-9-19(5)14(17)18-13(11)20/h9,12H,8,10H2,1-5H3,(H2,17,18,20). The average Bonchev–Trinajstić information content (AvgIpc) is 2.40. The van der Waals surface area contributed by atoms with E-state index in [0.717, 1.165) is 0 Å².